The molecule has 0 spiro atoms. The first kappa shape index (κ1) is 14.7. The van der Waals surface area contributed by atoms with Gasteiger partial charge in [0.1, 0.15) is 5.75 Å². The van der Waals surface area contributed by atoms with Gasteiger partial charge in [0.15, 0.2) is 0 Å². The monoisotopic (exact) mass is 308 g/mol. The van der Waals surface area contributed by atoms with Gasteiger partial charge in [0.25, 0.3) is 15.9 Å². The number of amides is 1. The molecule has 1 heterocycles. The van der Waals surface area contributed by atoms with Gasteiger partial charge in [0, 0.05) is 12.4 Å². The number of primary amides is 1. The molecule has 21 heavy (non-hydrogen) atoms. The zero-order valence-corrected chi connectivity index (χ0v) is 11.8. The normalized spacial score (nSPS) is 10.9. The van der Waals surface area contributed by atoms with E-state index in [1.165, 1.54) is 31.6 Å². The van der Waals surface area contributed by atoms with Crippen LogP contribution in [0.25, 0.3) is 0 Å². The molecule has 0 fully saturated rings. The summed E-state index contributed by atoms with van der Waals surface area (Å²) in [5.74, 6) is -0.675. The Labute approximate surface area is 121 Å². The van der Waals surface area contributed by atoms with Gasteiger partial charge < -0.3 is 10.5 Å². The van der Waals surface area contributed by atoms with Crippen LogP contribution in [-0.4, -0.2) is 31.4 Å². The van der Waals surface area contributed by atoms with Crippen molar-refractivity contribution in [2.24, 2.45) is 5.73 Å². The molecule has 0 aliphatic carbocycles. The van der Waals surface area contributed by atoms with Crippen LogP contribution in [0, 0.1) is 0 Å². The molecule has 0 radical (unpaired) electrons. The van der Waals surface area contributed by atoms with Crippen LogP contribution < -0.4 is 15.2 Å². The quantitative estimate of drug-likeness (QED) is 0.823. The van der Waals surface area contributed by atoms with Gasteiger partial charge in [0.2, 0.25) is 5.95 Å². The summed E-state index contributed by atoms with van der Waals surface area (Å²) in [7, 11) is -2.58. The number of rotatable bonds is 5. The summed E-state index contributed by atoms with van der Waals surface area (Å²) in [5, 5.41) is 0. The van der Waals surface area contributed by atoms with Crippen molar-refractivity contribution in [3.8, 4) is 5.75 Å². The van der Waals surface area contributed by atoms with E-state index in [4.69, 9.17) is 10.5 Å². The lowest BCUT2D eigenvalue weighted by atomic mass is 10.2. The number of hydrogen-bond donors (Lipinski definition) is 2. The maximum Gasteiger partial charge on any atom is 0.264 e. The maximum atomic E-state index is 12.2. The van der Waals surface area contributed by atoms with E-state index in [1.807, 2.05) is 0 Å². The maximum absolute atomic E-state index is 12.2. The average molecular weight is 308 g/mol. The molecule has 3 N–H and O–H groups in total. The molecule has 0 aliphatic heterocycles. The van der Waals surface area contributed by atoms with E-state index < -0.39 is 15.9 Å². The zero-order valence-electron chi connectivity index (χ0n) is 11.0. The molecule has 2 aromatic rings. The van der Waals surface area contributed by atoms with E-state index in [1.54, 1.807) is 6.07 Å². The van der Waals surface area contributed by atoms with Gasteiger partial charge in [-0.25, -0.2) is 23.1 Å². The van der Waals surface area contributed by atoms with Crippen molar-refractivity contribution in [3.05, 3.63) is 42.2 Å². The minimum atomic E-state index is -3.93. The van der Waals surface area contributed by atoms with Gasteiger partial charge in [0.05, 0.1) is 17.6 Å². The largest absolute Gasteiger partial charge is 0.496 e. The fourth-order valence-corrected chi connectivity index (χ4v) is 2.56. The van der Waals surface area contributed by atoms with Crippen molar-refractivity contribution in [2.45, 2.75) is 4.90 Å². The highest BCUT2D eigenvalue weighted by Gasteiger charge is 2.19. The topological polar surface area (TPSA) is 124 Å². The van der Waals surface area contributed by atoms with E-state index >= 15 is 0 Å². The molecule has 0 atom stereocenters. The summed E-state index contributed by atoms with van der Waals surface area (Å²) in [6, 6.07) is 5.32. The predicted octanol–water partition coefficient (Wildman–Crippen LogP) is 0.385. The van der Waals surface area contributed by atoms with Crippen molar-refractivity contribution < 1.29 is 17.9 Å². The third kappa shape index (κ3) is 3.26. The highest BCUT2D eigenvalue weighted by molar-refractivity contribution is 7.92. The Morgan fingerprint density at radius 3 is 2.52 bits per heavy atom. The van der Waals surface area contributed by atoms with Crippen LogP contribution in [0.15, 0.2) is 41.6 Å². The van der Waals surface area contributed by atoms with Crippen molar-refractivity contribution in [2.75, 3.05) is 11.8 Å². The number of sulfonamides is 1. The van der Waals surface area contributed by atoms with E-state index in [9.17, 15) is 13.2 Å². The first-order valence-electron chi connectivity index (χ1n) is 5.72. The summed E-state index contributed by atoms with van der Waals surface area (Å²) in [4.78, 5) is 18.7. The van der Waals surface area contributed by atoms with Crippen molar-refractivity contribution in [1.82, 2.24) is 9.97 Å². The zero-order chi connectivity index (χ0) is 15.5. The van der Waals surface area contributed by atoms with Crippen LogP contribution in [0.4, 0.5) is 5.95 Å². The number of ether oxygens (including phenoxy) is 1. The molecule has 8 nitrogen and oxygen atoms in total. The second-order valence-electron chi connectivity index (χ2n) is 3.90. The molecule has 9 heteroatoms. The third-order valence-corrected chi connectivity index (χ3v) is 3.86. The summed E-state index contributed by atoms with van der Waals surface area (Å²) in [6.45, 7) is 0. The van der Waals surface area contributed by atoms with Crippen molar-refractivity contribution in [3.63, 3.8) is 0 Å². The number of benzene rings is 1. The number of nitrogens with zero attached hydrogens (tertiary/aromatic N) is 2. The van der Waals surface area contributed by atoms with Crippen LogP contribution in [0.3, 0.4) is 0 Å². The summed E-state index contributed by atoms with van der Waals surface area (Å²) in [6.07, 6.45) is 2.79. The molecule has 110 valence electrons. The predicted molar refractivity (Wildman–Crippen MR) is 74.4 cm³/mol. The van der Waals surface area contributed by atoms with Crippen LogP contribution in [0.5, 0.6) is 5.75 Å². The number of aromatic nitrogens is 2. The van der Waals surface area contributed by atoms with E-state index in [2.05, 4.69) is 14.7 Å². The molecule has 0 saturated heterocycles. The fourth-order valence-electron chi connectivity index (χ4n) is 1.58. The van der Waals surface area contributed by atoms with Gasteiger partial charge >= 0.3 is 0 Å². The molecule has 1 aromatic carbocycles. The van der Waals surface area contributed by atoms with Gasteiger partial charge in [-0.1, -0.05) is 0 Å². The minimum Gasteiger partial charge on any atom is -0.496 e. The van der Waals surface area contributed by atoms with E-state index in [0.717, 1.165) is 6.07 Å². The molecular formula is C12H12N4O4S. The second kappa shape index (κ2) is 5.75. The Hall–Kier alpha value is -2.68. The smallest absolute Gasteiger partial charge is 0.264 e. The number of carbonyl (C=O) groups is 1. The summed E-state index contributed by atoms with van der Waals surface area (Å²) in [5.41, 5.74) is 5.16. The Morgan fingerprint density at radius 1 is 1.29 bits per heavy atom. The van der Waals surface area contributed by atoms with Crippen LogP contribution in [0.1, 0.15) is 10.4 Å². The Balaban J connectivity index is 2.41. The number of carbonyl (C=O) groups excluding carboxylic acids is 1. The first-order valence-corrected chi connectivity index (χ1v) is 7.20. The molecule has 2 rings (SSSR count). The highest BCUT2D eigenvalue weighted by atomic mass is 32.2. The lowest BCUT2D eigenvalue weighted by Crippen LogP contribution is -2.17. The molecule has 1 amide bonds. The number of nitrogens with one attached hydrogen (secondary N) is 1. The van der Waals surface area contributed by atoms with Gasteiger partial charge in [-0.05, 0) is 24.3 Å². The Bertz CT molecular complexity index is 762. The second-order valence-corrected chi connectivity index (χ2v) is 5.59. The van der Waals surface area contributed by atoms with Crippen LogP contribution >= 0.6 is 0 Å². The summed E-state index contributed by atoms with van der Waals surface area (Å²) >= 11 is 0. The van der Waals surface area contributed by atoms with Gasteiger partial charge in [-0.2, -0.15) is 0 Å². The standard InChI is InChI=1S/C12H12N4O4S/c1-20-10-4-3-8(7-9(10)11(13)17)21(18,19)16-12-14-5-2-6-15-12/h2-7H,1H3,(H2,13,17)(H,14,15,16). The summed E-state index contributed by atoms with van der Waals surface area (Å²) < 4.78 is 31.5. The number of anilines is 1. The lowest BCUT2D eigenvalue weighted by molar-refractivity contribution is 0.0997. The van der Waals surface area contributed by atoms with Crippen LogP contribution in [0.2, 0.25) is 0 Å². The highest BCUT2D eigenvalue weighted by Crippen LogP contribution is 2.22. The minimum absolute atomic E-state index is 0.0330. The molecule has 0 saturated carbocycles. The van der Waals surface area contributed by atoms with Crippen molar-refractivity contribution in [1.29, 1.82) is 0 Å². The van der Waals surface area contributed by atoms with Crippen LogP contribution in [-0.2, 0) is 10.0 Å². The molecule has 1 aromatic heterocycles. The number of hydrogen-bond acceptors (Lipinski definition) is 6. The van der Waals surface area contributed by atoms with Gasteiger partial charge in [-0.15, -0.1) is 0 Å². The Morgan fingerprint density at radius 2 is 1.95 bits per heavy atom. The number of methoxy groups -OCH3 is 1. The lowest BCUT2D eigenvalue weighted by Gasteiger charge is -2.09. The fraction of sp³-hybridized carbons (Fsp3) is 0.0833. The molecule has 0 bridgehead atoms. The average Bonchev–Trinajstić information content (AvgIpc) is 2.47. The SMILES string of the molecule is COc1ccc(S(=O)(=O)Nc2ncccn2)cc1C(N)=O. The van der Waals surface area contributed by atoms with E-state index in [0.29, 0.717) is 0 Å². The van der Waals surface area contributed by atoms with E-state index in [-0.39, 0.29) is 22.2 Å². The number of nitrogens with two attached hydrogens (primary N) is 1. The third-order valence-electron chi connectivity index (χ3n) is 2.54. The molecule has 0 unspecified atom stereocenters. The molecule has 0 aliphatic rings. The Kier molecular flexibility index (Phi) is 4.03. The van der Waals surface area contributed by atoms with Gasteiger partial charge in [-0.3, -0.25) is 4.79 Å². The first-order chi connectivity index (χ1) is 9.94. The van der Waals surface area contributed by atoms with Crippen molar-refractivity contribution >= 4 is 21.9 Å². The molecular weight excluding hydrogens is 296 g/mol.